The minimum absolute atomic E-state index is 0.110. The summed E-state index contributed by atoms with van der Waals surface area (Å²) in [5.74, 6) is 2.73. The summed E-state index contributed by atoms with van der Waals surface area (Å²) in [6.45, 7) is 8.59. The van der Waals surface area contributed by atoms with Crippen molar-refractivity contribution in [3.63, 3.8) is 0 Å². The van der Waals surface area contributed by atoms with Crippen LogP contribution in [0.2, 0.25) is 0 Å². The van der Waals surface area contributed by atoms with E-state index in [9.17, 15) is 0 Å². The molecule has 1 heteroatoms. The maximum Gasteiger partial charge on any atom is 0.120 e. The smallest absolute Gasteiger partial charge is 0.120 e. The predicted molar refractivity (Wildman–Crippen MR) is 81.8 cm³/mol. The van der Waals surface area contributed by atoms with Crippen molar-refractivity contribution >= 4 is 0 Å². The molecule has 19 heavy (non-hydrogen) atoms. The van der Waals surface area contributed by atoms with Crippen LogP contribution in [0.15, 0.2) is 24.3 Å². The van der Waals surface area contributed by atoms with Gasteiger partial charge in [-0.3, -0.25) is 0 Å². The molecule has 0 heterocycles. The van der Waals surface area contributed by atoms with Gasteiger partial charge in [0.15, 0.2) is 0 Å². The van der Waals surface area contributed by atoms with Crippen molar-refractivity contribution in [3.05, 3.63) is 29.8 Å². The Kier molecular flexibility index (Phi) is 4.54. The third-order valence-electron chi connectivity index (χ3n) is 4.20. The average molecular weight is 260 g/mol. The topological polar surface area (TPSA) is 9.23 Å². The van der Waals surface area contributed by atoms with Crippen LogP contribution in [0.4, 0.5) is 0 Å². The van der Waals surface area contributed by atoms with E-state index < -0.39 is 0 Å². The summed E-state index contributed by atoms with van der Waals surface area (Å²) in [4.78, 5) is 0. The lowest BCUT2D eigenvalue weighted by atomic mass is 9.78. The lowest BCUT2D eigenvalue weighted by molar-refractivity contribution is 0.131. The molecule has 1 aromatic rings. The lowest BCUT2D eigenvalue weighted by Gasteiger charge is -2.28. The molecule has 0 unspecified atom stereocenters. The van der Waals surface area contributed by atoms with E-state index in [1.54, 1.807) is 0 Å². The van der Waals surface area contributed by atoms with Crippen LogP contribution in [-0.4, -0.2) is 5.60 Å². The summed E-state index contributed by atoms with van der Waals surface area (Å²) >= 11 is 0. The Morgan fingerprint density at radius 1 is 1.00 bits per heavy atom. The van der Waals surface area contributed by atoms with Crippen LogP contribution >= 0.6 is 0 Å². The molecule has 1 aromatic carbocycles. The van der Waals surface area contributed by atoms with E-state index in [-0.39, 0.29) is 5.60 Å². The molecule has 0 radical (unpaired) electrons. The van der Waals surface area contributed by atoms with Gasteiger partial charge in [-0.25, -0.2) is 0 Å². The van der Waals surface area contributed by atoms with Crippen molar-refractivity contribution < 1.29 is 4.74 Å². The number of hydrogen-bond acceptors (Lipinski definition) is 1. The number of hydrogen-bond donors (Lipinski definition) is 0. The number of benzene rings is 1. The first kappa shape index (κ1) is 14.4. The van der Waals surface area contributed by atoms with Crippen LogP contribution in [0, 0.1) is 5.92 Å². The molecule has 106 valence electrons. The maximum atomic E-state index is 5.88. The first-order valence-corrected chi connectivity index (χ1v) is 7.77. The second-order valence-corrected chi connectivity index (χ2v) is 6.91. The first-order valence-electron chi connectivity index (χ1n) is 7.77. The zero-order valence-corrected chi connectivity index (χ0v) is 12.9. The van der Waals surface area contributed by atoms with Gasteiger partial charge in [-0.15, -0.1) is 0 Å². The highest BCUT2D eigenvalue weighted by Gasteiger charge is 2.21. The van der Waals surface area contributed by atoms with E-state index in [1.807, 2.05) is 0 Å². The number of rotatable bonds is 3. The molecule has 1 saturated carbocycles. The Morgan fingerprint density at radius 2 is 1.58 bits per heavy atom. The van der Waals surface area contributed by atoms with Crippen LogP contribution < -0.4 is 4.74 Å². The molecule has 0 spiro atoms. The van der Waals surface area contributed by atoms with Gasteiger partial charge in [-0.2, -0.15) is 0 Å². The second-order valence-electron chi connectivity index (χ2n) is 6.91. The Bertz CT molecular complexity index is 377. The van der Waals surface area contributed by atoms with E-state index >= 15 is 0 Å². The van der Waals surface area contributed by atoms with Crippen LogP contribution in [0.3, 0.4) is 0 Å². The molecule has 1 aliphatic rings. The number of ether oxygens (including phenoxy) is 1. The van der Waals surface area contributed by atoms with Gasteiger partial charge in [0, 0.05) is 0 Å². The zero-order valence-electron chi connectivity index (χ0n) is 12.9. The van der Waals surface area contributed by atoms with Gasteiger partial charge in [0.1, 0.15) is 11.4 Å². The minimum Gasteiger partial charge on any atom is -0.488 e. The highest BCUT2D eigenvalue weighted by molar-refractivity contribution is 5.30. The molecule has 0 saturated heterocycles. The van der Waals surface area contributed by atoms with Crippen LogP contribution in [0.25, 0.3) is 0 Å². The molecule has 0 bridgehead atoms. The minimum atomic E-state index is -0.110. The molecular weight excluding hydrogens is 232 g/mol. The van der Waals surface area contributed by atoms with Gasteiger partial charge in [0.2, 0.25) is 0 Å². The van der Waals surface area contributed by atoms with Gasteiger partial charge >= 0.3 is 0 Å². The standard InChI is InChI=1S/C18H28O/c1-5-14-6-8-15(9-7-14)16-10-12-17(13-11-16)19-18(2,3)4/h10-15H,5-9H2,1-4H3. The van der Waals surface area contributed by atoms with E-state index in [0.717, 1.165) is 17.6 Å². The van der Waals surface area contributed by atoms with Gasteiger partial charge in [-0.05, 0) is 76.0 Å². The second kappa shape index (κ2) is 5.98. The van der Waals surface area contributed by atoms with Crippen LogP contribution in [-0.2, 0) is 0 Å². The van der Waals surface area contributed by atoms with Gasteiger partial charge in [-0.1, -0.05) is 25.5 Å². The van der Waals surface area contributed by atoms with Crippen molar-refractivity contribution in [3.8, 4) is 5.75 Å². The SMILES string of the molecule is CCC1CCC(c2ccc(OC(C)(C)C)cc2)CC1. The third-order valence-corrected chi connectivity index (χ3v) is 4.20. The Balaban J connectivity index is 1.95. The summed E-state index contributed by atoms with van der Waals surface area (Å²) in [5.41, 5.74) is 1.39. The molecule has 0 atom stereocenters. The van der Waals surface area contributed by atoms with Gasteiger partial charge in [0.25, 0.3) is 0 Å². The Labute approximate surface area is 118 Å². The van der Waals surface area contributed by atoms with Crippen LogP contribution in [0.5, 0.6) is 5.75 Å². The molecule has 0 amide bonds. The molecular formula is C18H28O. The molecule has 0 aliphatic heterocycles. The maximum absolute atomic E-state index is 5.88. The first-order chi connectivity index (χ1) is 8.98. The fraction of sp³-hybridized carbons (Fsp3) is 0.667. The molecule has 1 nitrogen and oxygen atoms in total. The van der Waals surface area contributed by atoms with Crippen molar-refractivity contribution in [2.75, 3.05) is 0 Å². The summed E-state index contributed by atoms with van der Waals surface area (Å²) in [6, 6.07) is 8.79. The van der Waals surface area contributed by atoms with Crippen molar-refractivity contribution in [1.29, 1.82) is 0 Å². The predicted octanol–water partition coefficient (Wildman–Crippen LogP) is 5.55. The summed E-state index contributed by atoms with van der Waals surface area (Å²) in [7, 11) is 0. The van der Waals surface area contributed by atoms with E-state index in [1.165, 1.54) is 37.7 Å². The molecule has 1 fully saturated rings. The lowest BCUT2D eigenvalue weighted by Crippen LogP contribution is -2.22. The van der Waals surface area contributed by atoms with E-state index in [0.29, 0.717) is 0 Å². The quantitative estimate of drug-likeness (QED) is 0.692. The fourth-order valence-corrected chi connectivity index (χ4v) is 3.07. The summed E-state index contributed by atoms with van der Waals surface area (Å²) in [5, 5.41) is 0. The summed E-state index contributed by atoms with van der Waals surface area (Å²) in [6.07, 6.45) is 6.88. The van der Waals surface area contributed by atoms with Gasteiger partial charge < -0.3 is 4.74 Å². The van der Waals surface area contributed by atoms with Crippen molar-refractivity contribution in [2.24, 2.45) is 5.92 Å². The summed E-state index contributed by atoms with van der Waals surface area (Å²) < 4.78 is 5.88. The highest BCUT2D eigenvalue weighted by Crippen LogP contribution is 2.37. The van der Waals surface area contributed by atoms with Crippen molar-refractivity contribution in [2.45, 2.75) is 71.3 Å². The average Bonchev–Trinajstić information content (AvgIpc) is 2.38. The molecule has 1 aliphatic carbocycles. The van der Waals surface area contributed by atoms with E-state index in [4.69, 9.17) is 4.74 Å². The Hall–Kier alpha value is -0.980. The van der Waals surface area contributed by atoms with Crippen LogP contribution in [0.1, 0.15) is 71.3 Å². The normalized spacial score (nSPS) is 24.2. The zero-order chi connectivity index (χ0) is 13.9. The fourth-order valence-electron chi connectivity index (χ4n) is 3.07. The van der Waals surface area contributed by atoms with E-state index in [2.05, 4.69) is 52.0 Å². The van der Waals surface area contributed by atoms with Gasteiger partial charge in [0.05, 0.1) is 0 Å². The monoisotopic (exact) mass is 260 g/mol. The largest absolute Gasteiger partial charge is 0.488 e. The highest BCUT2D eigenvalue weighted by atomic mass is 16.5. The molecule has 2 rings (SSSR count). The van der Waals surface area contributed by atoms with Crippen molar-refractivity contribution in [1.82, 2.24) is 0 Å². The third kappa shape index (κ3) is 4.26. The molecule has 0 N–H and O–H groups in total. The Morgan fingerprint density at radius 3 is 2.05 bits per heavy atom. The molecule has 0 aromatic heterocycles.